The summed E-state index contributed by atoms with van der Waals surface area (Å²) in [6, 6.07) is 7.04. The van der Waals surface area contributed by atoms with Crippen molar-refractivity contribution >= 4 is 17.7 Å². The molecule has 1 aromatic rings. The third kappa shape index (κ3) is 10.6. The Kier molecular flexibility index (Phi) is 15.9. The van der Waals surface area contributed by atoms with Gasteiger partial charge >= 0.3 is 11.9 Å². The Morgan fingerprint density at radius 2 is 1.70 bits per heavy atom. The smallest absolute Gasteiger partial charge is 0.312 e. The van der Waals surface area contributed by atoms with Gasteiger partial charge in [0.2, 0.25) is 0 Å². The first-order chi connectivity index (χ1) is 24.7. The number of carbonyl (C=O) groups is 3. The van der Waals surface area contributed by atoms with Crippen molar-refractivity contribution in [3.8, 4) is 5.75 Å². The van der Waals surface area contributed by atoms with E-state index in [1.807, 2.05) is 50.2 Å². The predicted molar refractivity (Wildman–Crippen MR) is 197 cm³/mol. The van der Waals surface area contributed by atoms with E-state index in [2.05, 4.69) is 0 Å². The molecule has 14 atom stereocenters. The number of methoxy groups -OCH3 is 2. The van der Waals surface area contributed by atoms with Crippen LogP contribution >= 0.6 is 0 Å². The third-order valence-corrected chi connectivity index (χ3v) is 11.5. The quantitative estimate of drug-likeness (QED) is 0.296. The van der Waals surface area contributed by atoms with Crippen LogP contribution in [0.3, 0.4) is 0 Å². The van der Waals surface area contributed by atoms with E-state index in [0.717, 1.165) is 5.56 Å². The number of Topliss-reactive ketones (excluding diaryl/α,β-unsaturated/α-hetero) is 1. The molecular weight excluding hydrogens is 686 g/mol. The highest BCUT2D eigenvalue weighted by molar-refractivity contribution is 5.83. The fourth-order valence-corrected chi connectivity index (χ4v) is 8.07. The molecule has 0 saturated carbocycles. The SMILES string of the molecule is CC[C@H]1OC(=O)[C@H](C)[C@@H](OC(=O)CCc2cccc(OC)c2)[C@H](C)[C@@H](O[C@@H]2O[C@H](C)C[C@H](N(C)C)[C@H]2O)[C@@](C)(OC)C[C@@H](C)C(=O)[C@H](C)[C@@H](O)[C@]1(C)O. The number of benzene rings is 1. The molecule has 0 aliphatic carbocycles. The molecule has 3 N–H and O–H groups in total. The first kappa shape index (κ1) is 44.7. The lowest BCUT2D eigenvalue weighted by atomic mass is 9.74. The summed E-state index contributed by atoms with van der Waals surface area (Å²) in [4.78, 5) is 43.6. The summed E-state index contributed by atoms with van der Waals surface area (Å²) in [5, 5.41) is 34.5. The maximum absolute atomic E-state index is 14.0. The van der Waals surface area contributed by atoms with Crippen molar-refractivity contribution in [2.24, 2.45) is 23.7 Å². The van der Waals surface area contributed by atoms with E-state index in [1.54, 1.807) is 41.7 Å². The molecule has 2 aliphatic heterocycles. The number of ketones is 1. The van der Waals surface area contributed by atoms with Gasteiger partial charge in [-0.25, -0.2) is 0 Å². The van der Waals surface area contributed by atoms with Crippen molar-refractivity contribution in [2.75, 3.05) is 28.3 Å². The van der Waals surface area contributed by atoms with Crippen LogP contribution in [0.25, 0.3) is 0 Å². The summed E-state index contributed by atoms with van der Waals surface area (Å²) in [5.74, 6) is -4.68. The number of nitrogens with zero attached hydrogens (tertiary/aromatic N) is 1. The Morgan fingerprint density at radius 3 is 2.28 bits per heavy atom. The largest absolute Gasteiger partial charge is 0.497 e. The van der Waals surface area contributed by atoms with Crippen LogP contribution in [0.15, 0.2) is 24.3 Å². The van der Waals surface area contributed by atoms with Crippen molar-refractivity contribution in [3.63, 3.8) is 0 Å². The lowest BCUT2D eigenvalue weighted by molar-refractivity contribution is -0.301. The summed E-state index contributed by atoms with van der Waals surface area (Å²) in [6.45, 7) is 13.3. The minimum atomic E-state index is -1.98. The van der Waals surface area contributed by atoms with Crippen LogP contribution in [-0.2, 0) is 44.5 Å². The molecule has 0 unspecified atom stereocenters. The highest BCUT2D eigenvalue weighted by Gasteiger charge is 2.52. The summed E-state index contributed by atoms with van der Waals surface area (Å²) in [6.07, 6.45) is -6.33. The maximum Gasteiger partial charge on any atom is 0.312 e. The molecular formula is C40H65NO12. The maximum atomic E-state index is 14.0. The van der Waals surface area contributed by atoms with Crippen LogP contribution in [0.5, 0.6) is 5.75 Å². The highest BCUT2D eigenvalue weighted by atomic mass is 16.7. The number of aliphatic hydroxyl groups excluding tert-OH is 2. The second-order valence-electron chi connectivity index (χ2n) is 15.9. The average molecular weight is 752 g/mol. The van der Waals surface area contributed by atoms with Gasteiger partial charge in [0.15, 0.2) is 6.29 Å². The molecule has 2 saturated heterocycles. The number of hydrogen-bond acceptors (Lipinski definition) is 13. The van der Waals surface area contributed by atoms with Gasteiger partial charge in [-0.1, -0.05) is 39.8 Å². The van der Waals surface area contributed by atoms with E-state index in [1.165, 1.54) is 21.0 Å². The van der Waals surface area contributed by atoms with Gasteiger partial charge in [0.25, 0.3) is 0 Å². The Labute approximate surface area is 315 Å². The molecule has 13 nitrogen and oxygen atoms in total. The Morgan fingerprint density at radius 1 is 1.04 bits per heavy atom. The zero-order chi connectivity index (χ0) is 40.0. The van der Waals surface area contributed by atoms with E-state index in [-0.39, 0.29) is 37.2 Å². The molecule has 3 rings (SSSR count). The summed E-state index contributed by atoms with van der Waals surface area (Å²) in [5.41, 5.74) is -2.42. The van der Waals surface area contributed by atoms with E-state index < -0.39 is 83.6 Å². The van der Waals surface area contributed by atoms with Crippen molar-refractivity contribution < 1.29 is 58.1 Å². The van der Waals surface area contributed by atoms with Gasteiger partial charge in [0.05, 0.1) is 36.9 Å². The number of likely N-dealkylation sites (N-methyl/N-ethyl adjacent to an activating group) is 1. The number of aryl methyl sites for hydroxylation is 1. The number of aliphatic hydroxyl groups is 3. The van der Waals surface area contributed by atoms with Crippen LogP contribution in [-0.4, -0.2) is 126 Å². The molecule has 53 heavy (non-hydrogen) atoms. The fourth-order valence-electron chi connectivity index (χ4n) is 8.07. The molecule has 2 fully saturated rings. The van der Waals surface area contributed by atoms with Gasteiger partial charge in [-0.3, -0.25) is 14.4 Å². The Hall–Kier alpha value is -2.65. The van der Waals surface area contributed by atoms with Crippen molar-refractivity contribution in [1.29, 1.82) is 0 Å². The molecule has 1 aromatic carbocycles. The number of carbonyl (C=O) groups excluding carboxylic acids is 3. The second kappa shape index (κ2) is 18.8. The molecule has 13 heteroatoms. The standard InChI is InChI=1S/C40H65NO12/c1-13-30-40(8,47)35(45)24(4)32(43)22(2)21-39(7,49-12)36(53-38-33(44)29(41(9)10)19-23(3)50-38)25(5)34(26(6)37(46)51-30)52-31(42)18-17-27-15-14-16-28(20-27)48-11/h14-16,20,22-26,29-30,33-36,38,44-45,47H,13,17-19,21H2,1-12H3/t22-,23-,24+,25+,26-,29+,30-,33-,34+,35-,36-,38+,39+,40-/m1/s1. The zero-order valence-corrected chi connectivity index (χ0v) is 33.7. The molecule has 0 spiro atoms. The Bertz CT molecular complexity index is 1370. The first-order valence-corrected chi connectivity index (χ1v) is 18.9. The van der Waals surface area contributed by atoms with Crippen molar-refractivity contribution in [3.05, 3.63) is 29.8 Å². The summed E-state index contributed by atoms with van der Waals surface area (Å²) < 4.78 is 36.5. The average Bonchev–Trinajstić information content (AvgIpc) is 3.12. The first-order valence-electron chi connectivity index (χ1n) is 18.9. The molecule has 2 heterocycles. The molecule has 0 aromatic heterocycles. The number of esters is 2. The van der Waals surface area contributed by atoms with Gasteiger partial charge in [-0.05, 0) is 85.2 Å². The van der Waals surface area contributed by atoms with E-state index >= 15 is 0 Å². The summed E-state index contributed by atoms with van der Waals surface area (Å²) in [7, 11) is 6.78. The Balaban J connectivity index is 2.15. The van der Waals surface area contributed by atoms with E-state index in [9.17, 15) is 29.7 Å². The monoisotopic (exact) mass is 751 g/mol. The van der Waals surface area contributed by atoms with Gasteiger partial charge < -0.3 is 48.6 Å². The number of cyclic esters (lactones) is 1. The molecule has 0 amide bonds. The molecule has 2 aliphatic rings. The van der Waals surface area contributed by atoms with Crippen LogP contribution in [0.1, 0.15) is 86.6 Å². The van der Waals surface area contributed by atoms with Crippen LogP contribution < -0.4 is 4.74 Å². The summed E-state index contributed by atoms with van der Waals surface area (Å²) >= 11 is 0. The second-order valence-corrected chi connectivity index (χ2v) is 15.9. The van der Waals surface area contributed by atoms with Gasteiger partial charge in [0, 0.05) is 37.3 Å². The van der Waals surface area contributed by atoms with Crippen LogP contribution in [0.4, 0.5) is 0 Å². The fraction of sp³-hybridized carbons (Fsp3) is 0.775. The van der Waals surface area contributed by atoms with Gasteiger partial charge in [0.1, 0.15) is 35.4 Å². The van der Waals surface area contributed by atoms with Crippen molar-refractivity contribution in [2.45, 2.75) is 148 Å². The van der Waals surface area contributed by atoms with Crippen molar-refractivity contribution in [1.82, 2.24) is 4.90 Å². The normalized spacial score (nSPS) is 39.2. The third-order valence-electron chi connectivity index (χ3n) is 11.5. The number of hydrogen-bond donors (Lipinski definition) is 3. The lowest BCUT2D eigenvalue weighted by Crippen LogP contribution is -2.60. The zero-order valence-electron chi connectivity index (χ0n) is 33.7. The molecule has 0 bridgehead atoms. The number of rotatable bonds is 10. The predicted octanol–water partition coefficient (Wildman–Crippen LogP) is 3.71. The minimum Gasteiger partial charge on any atom is -0.497 e. The lowest BCUT2D eigenvalue weighted by Gasteiger charge is -2.48. The molecule has 0 radical (unpaired) electrons. The topological polar surface area (TPSA) is 171 Å². The molecule has 302 valence electrons. The minimum absolute atomic E-state index is 0.0143. The van der Waals surface area contributed by atoms with E-state index in [4.69, 9.17) is 28.4 Å². The highest BCUT2D eigenvalue weighted by Crippen LogP contribution is 2.40. The van der Waals surface area contributed by atoms with E-state index in [0.29, 0.717) is 18.6 Å². The van der Waals surface area contributed by atoms with Gasteiger partial charge in [-0.2, -0.15) is 0 Å². The van der Waals surface area contributed by atoms with Gasteiger partial charge in [-0.15, -0.1) is 0 Å². The van der Waals surface area contributed by atoms with Crippen LogP contribution in [0.2, 0.25) is 0 Å². The van der Waals surface area contributed by atoms with Crippen LogP contribution in [0, 0.1) is 23.7 Å². The number of ether oxygens (including phenoxy) is 6.